The first kappa shape index (κ1) is 19.3. The molecule has 1 saturated heterocycles. The SMILES string of the molecule is Cc1c(NC2CCN(C(=O)O)C2)cc(F)c(S(=O)(=O)Nc2cscn2)c1F. The third-order valence-corrected chi connectivity index (χ3v) is 6.15. The predicted octanol–water partition coefficient (Wildman–Crippen LogP) is 2.69. The van der Waals surface area contributed by atoms with Gasteiger partial charge in [0.25, 0.3) is 10.0 Å². The van der Waals surface area contributed by atoms with E-state index in [9.17, 15) is 22.0 Å². The van der Waals surface area contributed by atoms with Crippen LogP contribution in [0.2, 0.25) is 0 Å². The lowest BCUT2D eigenvalue weighted by atomic mass is 10.1. The van der Waals surface area contributed by atoms with Gasteiger partial charge in [-0.05, 0) is 19.4 Å². The highest BCUT2D eigenvalue weighted by Gasteiger charge is 2.30. The molecule has 1 amide bonds. The second kappa shape index (κ2) is 7.27. The summed E-state index contributed by atoms with van der Waals surface area (Å²) in [5.41, 5.74) is 1.38. The summed E-state index contributed by atoms with van der Waals surface area (Å²) >= 11 is 1.13. The van der Waals surface area contributed by atoms with Crippen molar-refractivity contribution in [1.29, 1.82) is 0 Å². The number of aromatic nitrogens is 1. The molecule has 1 aliphatic heterocycles. The number of nitrogens with one attached hydrogen (secondary N) is 2. The van der Waals surface area contributed by atoms with Crippen molar-refractivity contribution in [2.45, 2.75) is 24.3 Å². The van der Waals surface area contributed by atoms with E-state index in [4.69, 9.17) is 5.11 Å². The number of halogens is 2. The van der Waals surface area contributed by atoms with Gasteiger partial charge in [-0.15, -0.1) is 11.3 Å². The fraction of sp³-hybridized carbons (Fsp3) is 0.333. The lowest BCUT2D eigenvalue weighted by Gasteiger charge is -2.18. The van der Waals surface area contributed by atoms with Crippen molar-refractivity contribution in [3.05, 3.63) is 34.2 Å². The number of anilines is 2. The number of nitrogens with zero attached hydrogens (tertiary/aromatic N) is 2. The van der Waals surface area contributed by atoms with Gasteiger partial charge >= 0.3 is 6.09 Å². The first-order valence-corrected chi connectivity index (χ1v) is 10.3. The molecule has 0 saturated carbocycles. The van der Waals surface area contributed by atoms with Crippen LogP contribution in [0.1, 0.15) is 12.0 Å². The second-order valence-corrected chi connectivity index (χ2v) is 8.35. The van der Waals surface area contributed by atoms with Gasteiger partial charge in [-0.3, -0.25) is 4.72 Å². The van der Waals surface area contributed by atoms with E-state index in [1.165, 1.54) is 22.7 Å². The maximum Gasteiger partial charge on any atom is 0.407 e. The van der Waals surface area contributed by atoms with E-state index in [-0.39, 0.29) is 29.7 Å². The van der Waals surface area contributed by atoms with Gasteiger partial charge in [0.05, 0.1) is 5.51 Å². The summed E-state index contributed by atoms with van der Waals surface area (Å²) in [4.78, 5) is 14.8. The minimum absolute atomic E-state index is 0.0293. The molecule has 0 bridgehead atoms. The number of hydrogen-bond donors (Lipinski definition) is 3. The first-order chi connectivity index (χ1) is 12.7. The highest BCUT2D eigenvalue weighted by molar-refractivity contribution is 7.92. The van der Waals surface area contributed by atoms with Crippen LogP contribution in [0.15, 0.2) is 21.9 Å². The molecule has 1 aromatic heterocycles. The van der Waals surface area contributed by atoms with Crippen LogP contribution < -0.4 is 10.0 Å². The molecule has 1 unspecified atom stereocenters. The number of hydrogen-bond acceptors (Lipinski definition) is 6. The smallest absolute Gasteiger partial charge is 0.407 e. The van der Waals surface area contributed by atoms with E-state index >= 15 is 0 Å². The molecule has 1 aromatic carbocycles. The summed E-state index contributed by atoms with van der Waals surface area (Å²) in [5, 5.41) is 13.3. The summed E-state index contributed by atoms with van der Waals surface area (Å²) in [6.07, 6.45) is -0.594. The first-order valence-electron chi connectivity index (χ1n) is 7.83. The van der Waals surface area contributed by atoms with Crippen LogP contribution in [0, 0.1) is 18.6 Å². The predicted molar refractivity (Wildman–Crippen MR) is 95.6 cm³/mol. The molecule has 3 rings (SSSR count). The van der Waals surface area contributed by atoms with E-state index in [1.807, 2.05) is 4.72 Å². The lowest BCUT2D eigenvalue weighted by Crippen LogP contribution is -2.30. The Morgan fingerprint density at radius 1 is 1.44 bits per heavy atom. The molecule has 1 fully saturated rings. The van der Waals surface area contributed by atoms with Crippen LogP contribution in [-0.4, -0.2) is 48.6 Å². The van der Waals surface area contributed by atoms with Crippen LogP contribution in [0.4, 0.5) is 25.1 Å². The Labute approximate surface area is 157 Å². The Balaban J connectivity index is 1.87. The molecule has 146 valence electrons. The summed E-state index contributed by atoms with van der Waals surface area (Å²) in [6.45, 7) is 1.80. The highest BCUT2D eigenvalue weighted by Crippen LogP contribution is 2.30. The maximum absolute atomic E-state index is 14.7. The molecular formula is C15H16F2N4O4S2. The summed E-state index contributed by atoms with van der Waals surface area (Å²) in [5.74, 6) is -2.50. The minimum atomic E-state index is -4.50. The van der Waals surface area contributed by atoms with E-state index in [2.05, 4.69) is 10.3 Å². The van der Waals surface area contributed by atoms with Gasteiger partial charge in [0, 0.05) is 35.8 Å². The zero-order valence-electron chi connectivity index (χ0n) is 14.1. The van der Waals surface area contributed by atoms with Crippen LogP contribution in [0.3, 0.4) is 0 Å². The molecule has 2 aromatic rings. The van der Waals surface area contributed by atoms with Gasteiger partial charge in [0.15, 0.2) is 16.5 Å². The Morgan fingerprint density at radius 3 is 2.78 bits per heavy atom. The molecule has 2 heterocycles. The zero-order chi connectivity index (χ0) is 19.8. The molecule has 1 aliphatic rings. The summed E-state index contributed by atoms with van der Waals surface area (Å²) in [6, 6.07) is 0.575. The normalized spacial score (nSPS) is 17.1. The van der Waals surface area contributed by atoms with Crippen molar-refractivity contribution in [3.63, 3.8) is 0 Å². The summed E-state index contributed by atoms with van der Waals surface area (Å²) < 4.78 is 55.9. The van der Waals surface area contributed by atoms with Crippen LogP contribution in [0.25, 0.3) is 0 Å². The van der Waals surface area contributed by atoms with Crippen LogP contribution in [-0.2, 0) is 10.0 Å². The Hall–Kier alpha value is -2.47. The van der Waals surface area contributed by atoms with Crippen molar-refractivity contribution < 1.29 is 27.1 Å². The van der Waals surface area contributed by atoms with Crippen molar-refractivity contribution in [3.8, 4) is 0 Å². The van der Waals surface area contributed by atoms with E-state index in [1.54, 1.807) is 0 Å². The zero-order valence-corrected chi connectivity index (χ0v) is 15.7. The average molecular weight is 418 g/mol. The van der Waals surface area contributed by atoms with Gasteiger partial charge in [-0.25, -0.2) is 27.0 Å². The molecule has 8 nitrogen and oxygen atoms in total. The number of rotatable bonds is 5. The van der Waals surface area contributed by atoms with Gasteiger partial charge < -0.3 is 15.3 Å². The number of carbonyl (C=O) groups is 1. The molecule has 0 aliphatic carbocycles. The lowest BCUT2D eigenvalue weighted by molar-refractivity contribution is 0.155. The molecular weight excluding hydrogens is 402 g/mol. The summed E-state index contributed by atoms with van der Waals surface area (Å²) in [7, 11) is -4.50. The molecule has 27 heavy (non-hydrogen) atoms. The second-order valence-electron chi connectivity index (χ2n) is 6.01. The van der Waals surface area contributed by atoms with Crippen LogP contribution >= 0.6 is 11.3 Å². The van der Waals surface area contributed by atoms with Crippen molar-refractivity contribution in [2.24, 2.45) is 0 Å². The number of benzene rings is 1. The number of thiazole rings is 1. The third kappa shape index (κ3) is 3.95. The fourth-order valence-electron chi connectivity index (χ4n) is 2.81. The molecule has 12 heteroatoms. The Kier molecular flexibility index (Phi) is 5.20. The maximum atomic E-state index is 14.7. The molecule has 0 spiro atoms. The van der Waals surface area contributed by atoms with Gasteiger partial charge in [-0.1, -0.05) is 0 Å². The fourth-order valence-corrected chi connectivity index (χ4v) is 4.57. The minimum Gasteiger partial charge on any atom is -0.465 e. The van der Waals surface area contributed by atoms with E-state index in [0.29, 0.717) is 13.0 Å². The van der Waals surface area contributed by atoms with E-state index in [0.717, 1.165) is 17.4 Å². The monoisotopic (exact) mass is 418 g/mol. The molecule has 3 N–H and O–H groups in total. The quantitative estimate of drug-likeness (QED) is 0.688. The third-order valence-electron chi connectivity index (χ3n) is 4.18. The van der Waals surface area contributed by atoms with Crippen molar-refractivity contribution in [1.82, 2.24) is 9.88 Å². The Bertz CT molecular complexity index is 967. The van der Waals surface area contributed by atoms with Crippen molar-refractivity contribution >= 4 is 39.0 Å². The number of likely N-dealkylation sites (tertiary alicyclic amines) is 1. The van der Waals surface area contributed by atoms with Crippen molar-refractivity contribution in [2.75, 3.05) is 23.1 Å². The number of amides is 1. The molecule has 0 radical (unpaired) electrons. The van der Waals surface area contributed by atoms with Gasteiger partial charge in [0.1, 0.15) is 5.82 Å². The number of sulfonamides is 1. The molecule has 1 atom stereocenters. The van der Waals surface area contributed by atoms with Gasteiger partial charge in [0.2, 0.25) is 0 Å². The standard InChI is InChI=1S/C15H16F2N4O4S2/c1-8-11(19-9-2-3-21(5-9)15(22)23)4-10(16)14(13(8)17)27(24,25)20-12-6-26-7-18-12/h4,6-7,9,19-20H,2-3,5H2,1H3,(H,22,23). The Morgan fingerprint density at radius 2 is 2.19 bits per heavy atom. The van der Waals surface area contributed by atoms with E-state index < -0.39 is 32.6 Å². The number of carboxylic acid groups (broad SMARTS) is 1. The largest absolute Gasteiger partial charge is 0.465 e. The van der Waals surface area contributed by atoms with Gasteiger partial charge in [-0.2, -0.15) is 0 Å². The highest BCUT2D eigenvalue weighted by atomic mass is 32.2. The van der Waals surface area contributed by atoms with Crippen LogP contribution in [0.5, 0.6) is 0 Å². The topological polar surface area (TPSA) is 112 Å². The average Bonchev–Trinajstić information content (AvgIpc) is 3.23.